The van der Waals surface area contributed by atoms with Gasteiger partial charge in [0.2, 0.25) is 5.91 Å². The Balaban J connectivity index is 1.16. The first-order valence-corrected chi connectivity index (χ1v) is 13.5. The molecule has 1 aliphatic heterocycles. The van der Waals surface area contributed by atoms with E-state index in [4.69, 9.17) is 17.0 Å². The van der Waals surface area contributed by atoms with Gasteiger partial charge in [-0.2, -0.15) is 0 Å². The van der Waals surface area contributed by atoms with E-state index in [0.717, 1.165) is 17.8 Å². The molecule has 0 radical (unpaired) electrons. The average molecular weight is 515 g/mol. The summed E-state index contributed by atoms with van der Waals surface area (Å²) >= 11 is 5.57. The normalized spacial score (nSPS) is 28.6. The minimum Gasteiger partial charge on any atom is -0.462 e. The lowest BCUT2D eigenvalue weighted by Gasteiger charge is -2.56. The molecule has 6 rings (SSSR count). The van der Waals surface area contributed by atoms with Gasteiger partial charge in [-0.15, -0.1) is 0 Å². The standard InChI is InChI=1S/C26H34N4O5S/c1-2-35-24(32)20-3-4-21(22(12-20)30(33)34)28-5-7-29(8-6-28)25(36)27-23(31)16-26-13-17-9-18(14-26)11-19(10-17)15-26/h3-4,12,17-19H,2,5-11,13-16H2,1H3,(H,27,31,36). The highest BCUT2D eigenvalue weighted by molar-refractivity contribution is 7.80. The van der Waals surface area contributed by atoms with Crippen molar-refractivity contribution in [2.75, 3.05) is 37.7 Å². The number of anilines is 1. The summed E-state index contributed by atoms with van der Waals surface area (Å²) in [4.78, 5) is 40.1. The Kier molecular flexibility index (Phi) is 6.89. The van der Waals surface area contributed by atoms with Crippen LogP contribution in [0, 0.1) is 33.3 Å². The summed E-state index contributed by atoms with van der Waals surface area (Å²) in [6.45, 7) is 4.03. The fraction of sp³-hybridized carbons (Fsp3) is 0.654. The van der Waals surface area contributed by atoms with Gasteiger partial charge in [0, 0.05) is 38.7 Å². The van der Waals surface area contributed by atoms with Crippen LogP contribution in [0.4, 0.5) is 11.4 Å². The first-order valence-electron chi connectivity index (χ1n) is 13.0. The number of nitro benzene ring substituents is 1. The van der Waals surface area contributed by atoms with Crippen LogP contribution in [0.3, 0.4) is 0 Å². The molecule has 9 nitrogen and oxygen atoms in total. The number of nitrogens with zero attached hydrogens (tertiary/aromatic N) is 3. The Morgan fingerprint density at radius 2 is 1.72 bits per heavy atom. The van der Waals surface area contributed by atoms with Gasteiger partial charge in [0.05, 0.1) is 17.1 Å². The molecule has 4 aliphatic carbocycles. The minimum absolute atomic E-state index is 0.0228. The molecule has 0 unspecified atom stereocenters. The van der Waals surface area contributed by atoms with Gasteiger partial charge in [-0.1, -0.05) is 0 Å². The number of piperazine rings is 1. The molecule has 1 aromatic rings. The molecule has 1 heterocycles. The molecule has 4 saturated carbocycles. The van der Waals surface area contributed by atoms with E-state index in [2.05, 4.69) is 5.32 Å². The van der Waals surface area contributed by atoms with E-state index in [1.54, 1.807) is 19.1 Å². The second-order valence-corrected chi connectivity index (χ2v) is 11.5. The third kappa shape index (κ3) is 5.05. The van der Waals surface area contributed by atoms with Crippen molar-refractivity contribution in [1.29, 1.82) is 0 Å². The number of hydrogen-bond acceptors (Lipinski definition) is 7. The van der Waals surface area contributed by atoms with E-state index in [1.807, 2.05) is 9.80 Å². The molecule has 1 N–H and O–H groups in total. The quantitative estimate of drug-likeness (QED) is 0.264. The third-order valence-corrected chi connectivity index (χ3v) is 8.90. The van der Waals surface area contributed by atoms with E-state index in [1.165, 1.54) is 44.6 Å². The molecule has 1 amide bonds. The Morgan fingerprint density at radius 3 is 2.28 bits per heavy atom. The van der Waals surface area contributed by atoms with E-state index in [9.17, 15) is 19.7 Å². The molecular formula is C26H34N4O5S. The first kappa shape index (κ1) is 24.9. The van der Waals surface area contributed by atoms with Crippen molar-refractivity contribution in [3.63, 3.8) is 0 Å². The van der Waals surface area contributed by atoms with Crippen molar-refractivity contribution in [3.05, 3.63) is 33.9 Å². The molecule has 0 atom stereocenters. The zero-order chi connectivity index (χ0) is 25.4. The van der Waals surface area contributed by atoms with Crippen LogP contribution in [0.15, 0.2) is 18.2 Å². The molecule has 5 fully saturated rings. The monoisotopic (exact) mass is 514 g/mol. The number of benzene rings is 1. The maximum Gasteiger partial charge on any atom is 0.338 e. The SMILES string of the molecule is CCOC(=O)c1ccc(N2CCN(C(=S)NC(=O)CC34CC5CC(CC(C5)C3)C4)CC2)c([N+](=O)[O-])c1. The maximum absolute atomic E-state index is 13.0. The molecule has 1 saturated heterocycles. The van der Waals surface area contributed by atoms with Crippen molar-refractivity contribution in [2.24, 2.45) is 23.2 Å². The lowest BCUT2D eigenvalue weighted by Crippen LogP contribution is -2.54. The van der Waals surface area contributed by atoms with Crippen molar-refractivity contribution in [3.8, 4) is 0 Å². The van der Waals surface area contributed by atoms with Crippen LogP contribution in [-0.2, 0) is 9.53 Å². The molecule has 194 valence electrons. The smallest absolute Gasteiger partial charge is 0.338 e. The van der Waals surface area contributed by atoms with Crippen LogP contribution in [0.25, 0.3) is 0 Å². The van der Waals surface area contributed by atoms with Crippen LogP contribution in [0.1, 0.15) is 62.2 Å². The Bertz CT molecular complexity index is 1030. The first-order chi connectivity index (χ1) is 17.2. The van der Waals surface area contributed by atoms with Gasteiger partial charge in [-0.05, 0) is 93.0 Å². The predicted octanol–water partition coefficient (Wildman–Crippen LogP) is 3.90. The summed E-state index contributed by atoms with van der Waals surface area (Å²) in [5.74, 6) is 1.86. The van der Waals surface area contributed by atoms with Crippen molar-refractivity contribution in [1.82, 2.24) is 10.2 Å². The van der Waals surface area contributed by atoms with Crippen LogP contribution < -0.4 is 10.2 Å². The molecule has 0 spiro atoms. The number of ether oxygens (including phenoxy) is 1. The van der Waals surface area contributed by atoms with Crippen LogP contribution in [0.2, 0.25) is 0 Å². The summed E-state index contributed by atoms with van der Waals surface area (Å²) in [6.07, 6.45) is 8.19. The van der Waals surface area contributed by atoms with E-state index in [-0.39, 0.29) is 29.2 Å². The lowest BCUT2D eigenvalue weighted by atomic mass is 9.49. The molecule has 5 aliphatic rings. The summed E-state index contributed by atoms with van der Waals surface area (Å²) in [7, 11) is 0. The Labute approximate surface area is 216 Å². The van der Waals surface area contributed by atoms with E-state index in [0.29, 0.717) is 43.4 Å². The predicted molar refractivity (Wildman–Crippen MR) is 139 cm³/mol. The fourth-order valence-electron chi connectivity index (χ4n) is 7.52. The van der Waals surface area contributed by atoms with Crippen LogP contribution >= 0.6 is 12.2 Å². The minimum atomic E-state index is -0.577. The van der Waals surface area contributed by atoms with Crippen LogP contribution in [0.5, 0.6) is 0 Å². The highest BCUT2D eigenvalue weighted by Crippen LogP contribution is 2.61. The zero-order valence-corrected chi connectivity index (χ0v) is 21.6. The van der Waals surface area contributed by atoms with Gasteiger partial charge in [0.25, 0.3) is 5.69 Å². The van der Waals surface area contributed by atoms with Gasteiger partial charge in [-0.3, -0.25) is 14.9 Å². The second-order valence-electron chi connectivity index (χ2n) is 11.1. The van der Waals surface area contributed by atoms with Gasteiger partial charge >= 0.3 is 5.97 Å². The molecule has 4 bridgehead atoms. The second kappa shape index (κ2) is 9.95. The highest BCUT2D eigenvalue weighted by Gasteiger charge is 2.51. The van der Waals surface area contributed by atoms with Gasteiger partial charge in [0.1, 0.15) is 5.69 Å². The molecule has 0 aromatic heterocycles. The number of hydrogen-bond donors (Lipinski definition) is 1. The molecule has 36 heavy (non-hydrogen) atoms. The van der Waals surface area contributed by atoms with E-state index < -0.39 is 10.9 Å². The number of carbonyl (C=O) groups is 2. The molecular weight excluding hydrogens is 480 g/mol. The summed E-state index contributed by atoms with van der Waals surface area (Å²) in [6, 6.07) is 4.43. The number of thiocarbonyl (C=S) groups is 1. The number of carbonyl (C=O) groups excluding carboxylic acids is 2. The number of nitrogens with one attached hydrogen (secondary N) is 1. The Morgan fingerprint density at radius 1 is 1.11 bits per heavy atom. The number of esters is 1. The number of amides is 1. The largest absolute Gasteiger partial charge is 0.462 e. The number of rotatable bonds is 6. The van der Waals surface area contributed by atoms with Gasteiger partial charge < -0.3 is 19.9 Å². The third-order valence-electron chi connectivity index (χ3n) is 8.54. The average Bonchev–Trinajstić information content (AvgIpc) is 2.82. The van der Waals surface area contributed by atoms with Crippen LogP contribution in [-0.4, -0.2) is 59.6 Å². The fourth-order valence-corrected chi connectivity index (χ4v) is 7.81. The van der Waals surface area contributed by atoms with Gasteiger partial charge in [-0.25, -0.2) is 4.79 Å². The van der Waals surface area contributed by atoms with Crippen molar-refractivity contribution in [2.45, 2.75) is 51.9 Å². The lowest BCUT2D eigenvalue weighted by molar-refractivity contribution is -0.384. The van der Waals surface area contributed by atoms with Crippen molar-refractivity contribution >= 4 is 40.6 Å². The summed E-state index contributed by atoms with van der Waals surface area (Å²) < 4.78 is 4.97. The zero-order valence-electron chi connectivity index (χ0n) is 20.7. The molecule has 10 heteroatoms. The Hall–Kier alpha value is -2.75. The summed E-state index contributed by atoms with van der Waals surface area (Å²) in [5.41, 5.74) is 0.667. The maximum atomic E-state index is 13.0. The van der Waals surface area contributed by atoms with E-state index >= 15 is 0 Å². The van der Waals surface area contributed by atoms with Crippen molar-refractivity contribution < 1.29 is 19.2 Å². The molecule has 1 aromatic carbocycles. The van der Waals surface area contributed by atoms with Gasteiger partial charge in [0.15, 0.2) is 5.11 Å². The highest BCUT2D eigenvalue weighted by atomic mass is 32.1. The number of nitro groups is 1. The summed E-state index contributed by atoms with van der Waals surface area (Å²) in [5, 5.41) is 15.1. The topological polar surface area (TPSA) is 105 Å².